The van der Waals surface area contributed by atoms with Gasteiger partial charge >= 0.3 is 0 Å². The Morgan fingerprint density at radius 3 is 2.83 bits per heavy atom. The SMILES string of the molecule is Cc1[nH]ncc1-c1nc2c(F)cc3[nH]ncc3c2c2c1CNCC2. The Morgan fingerprint density at radius 1 is 1.12 bits per heavy atom. The van der Waals surface area contributed by atoms with Crippen LogP contribution in [0.5, 0.6) is 0 Å². The molecule has 0 saturated heterocycles. The van der Waals surface area contributed by atoms with E-state index in [-0.39, 0.29) is 5.82 Å². The summed E-state index contributed by atoms with van der Waals surface area (Å²) in [6, 6.07) is 1.47. The molecule has 6 nitrogen and oxygen atoms in total. The van der Waals surface area contributed by atoms with Gasteiger partial charge in [-0.1, -0.05) is 0 Å². The number of hydrogen-bond acceptors (Lipinski definition) is 4. The lowest BCUT2D eigenvalue weighted by Crippen LogP contribution is -2.25. The summed E-state index contributed by atoms with van der Waals surface area (Å²) in [5.41, 5.74) is 6.03. The second-order valence-corrected chi connectivity index (χ2v) is 6.17. The molecule has 0 spiro atoms. The first kappa shape index (κ1) is 13.6. The number of hydrogen-bond donors (Lipinski definition) is 3. The van der Waals surface area contributed by atoms with Gasteiger partial charge in [0.1, 0.15) is 5.52 Å². The van der Waals surface area contributed by atoms with Crippen LogP contribution in [0.2, 0.25) is 0 Å². The van der Waals surface area contributed by atoms with Crippen LogP contribution in [0.3, 0.4) is 0 Å². The van der Waals surface area contributed by atoms with E-state index >= 15 is 0 Å². The van der Waals surface area contributed by atoms with Crippen LogP contribution in [0.1, 0.15) is 16.8 Å². The van der Waals surface area contributed by atoms with Crippen LogP contribution in [0.4, 0.5) is 4.39 Å². The zero-order valence-corrected chi connectivity index (χ0v) is 13.1. The number of H-pyrrole nitrogens is 2. The van der Waals surface area contributed by atoms with Gasteiger partial charge in [-0.05, 0) is 31.0 Å². The van der Waals surface area contributed by atoms with Gasteiger partial charge in [-0.15, -0.1) is 0 Å². The molecule has 24 heavy (non-hydrogen) atoms. The number of aryl methyl sites for hydroxylation is 1. The molecule has 0 unspecified atom stereocenters. The van der Waals surface area contributed by atoms with Crippen molar-refractivity contribution in [3.8, 4) is 11.3 Å². The molecule has 120 valence electrons. The molecule has 1 aliphatic heterocycles. The molecule has 5 rings (SSSR count). The number of pyridine rings is 1. The zero-order valence-electron chi connectivity index (χ0n) is 13.1. The Hall–Kier alpha value is -2.80. The maximum atomic E-state index is 14.7. The van der Waals surface area contributed by atoms with Gasteiger partial charge in [0.25, 0.3) is 0 Å². The largest absolute Gasteiger partial charge is 0.312 e. The first-order valence-corrected chi connectivity index (χ1v) is 7.92. The quantitative estimate of drug-likeness (QED) is 0.503. The Balaban J connectivity index is 1.98. The van der Waals surface area contributed by atoms with E-state index in [0.29, 0.717) is 17.6 Å². The molecule has 3 N–H and O–H groups in total. The Kier molecular flexibility index (Phi) is 2.75. The number of nitrogens with one attached hydrogen (secondary N) is 3. The maximum absolute atomic E-state index is 14.7. The molecule has 1 aromatic carbocycles. The topological polar surface area (TPSA) is 82.3 Å². The van der Waals surface area contributed by atoms with Crippen LogP contribution in [0.25, 0.3) is 33.1 Å². The Morgan fingerprint density at radius 2 is 2.00 bits per heavy atom. The van der Waals surface area contributed by atoms with Gasteiger partial charge in [0.15, 0.2) is 5.82 Å². The van der Waals surface area contributed by atoms with Crippen molar-refractivity contribution in [2.45, 2.75) is 19.9 Å². The smallest absolute Gasteiger partial charge is 0.151 e. The van der Waals surface area contributed by atoms with Gasteiger partial charge in [0, 0.05) is 34.6 Å². The van der Waals surface area contributed by atoms with Gasteiger partial charge in [0.2, 0.25) is 0 Å². The number of rotatable bonds is 1. The highest BCUT2D eigenvalue weighted by molar-refractivity contribution is 6.08. The number of nitrogens with zero attached hydrogens (tertiary/aromatic N) is 3. The zero-order chi connectivity index (χ0) is 16.3. The molecule has 3 aromatic heterocycles. The fourth-order valence-corrected chi connectivity index (χ4v) is 3.64. The van der Waals surface area contributed by atoms with Crippen molar-refractivity contribution in [2.75, 3.05) is 6.54 Å². The standard InChI is InChI=1S/C17H15FN6/c1-8-10(6-20-23-8)16-11-5-19-3-2-9(11)15-12-7-21-24-14(12)4-13(18)17(15)22-16/h4,6-7,19H,2-3,5H2,1H3,(H,20,23)(H,21,24). The van der Waals surface area contributed by atoms with Gasteiger partial charge < -0.3 is 5.32 Å². The number of halogens is 1. The van der Waals surface area contributed by atoms with Crippen molar-refractivity contribution in [2.24, 2.45) is 0 Å². The second kappa shape index (κ2) is 4.85. The molecule has 0 amide bonds. The van der Waals surface area contributed by atoms with E-state index in [1.165, 1.54) is 6.07 Å². The normalized spacial score (nSPS) is 14.4. The van der Waals surface area contributed by atoms with E-state index in [1.54, 1.807) is 12.4 Å². The molecule has 0 radical (unpaired) electrons. The van der Waals surface area contributed by atoms with Crippen LogP contribution in [0.15, 0.2) is 18.5 Å². The summed E-state index contributed by atoms with van der Waals surface area (Å²) in [7, 11) is 0. The van der Waals surface area contributed by atoms with Gasteiger partial charge in [-0.3, -0.25) is 10.2 Å². The van der Waals surface area contributed by atoms with E-state index in [2.05, 4.69) is 25.7 Å². The van der Waals surface area contributed by atoms with E-state index in [4.69, 9.17) is 4.98 Å². The van der Waals surface area contributed by atoms with Crippen LogP contribution < -0.4 is 5.32 Å². The minimum atomic E-state index is -0.328. The highest BCUT2D eigenvalue weighted by Crippen LogP contribution is 2.36. The van der Waals surface area contributed by atoms with E-state index < -0.39 is 0 Å². The molecule has 4 aromatic rings. The summed E-state index contributed by atoms with van der Waals surface area (Å²) in [6.45, 7) is 3.53. The molecular formula is C17H15FN6. The van der Waals surface area contributed by atoms with Gasteiger partial charge in [0.05, 0.1) is 23.6 Å². The predicted octanol–water partition coefficient (Wildman–Crippen LogP) is 2.59. The van der Waals surface area contributed by atoms with E-state index in [9.17, 15) is 4.39 Å². The lowest BCUT2D eigenvalue weighted by molar-refractivity contribution is 0.633. The van der Waals surface area contributed by atoms with E-state index in [1.807, 2.05) is 6.92 Å². The second-order valence-electron chi connectivity index (χ2n) is 6.17. The Bertz CT molecular complexity index is 1090. The number of benzene rings is 1. The summed E-state index contributed by atoms with van der Waals surface area (Å²) < 4.78 is 14.7. The van der Waals surface area contributed by atoms with E-state index in [0.717, 1.165) is 51.8 Å². The Labute approximate surface area is 136 Å². The molecular weight excluding hydrogens is 307 g/mol. The summed E-state index contributed by atoms with van der Waals surface area (Å²) >= 11 is 0. The fraction of sp³-hybridized carbons (Fsp3) is 0.235. The average Bonchev–Trinajstić information content (AvgIpc) is 3.22. The van der Waals surface area contributed by atoms with Crippen molar-refractivity contribution in [3.05, 3.63) is 41.1 Å². The minimum absolute atomic E-state index is 0.328. The first-order chi connectivity index (χ1) is 11.7. The molecule has 0 aliphatic carbocycles. The highest BCUT2D eigenvalue weighted by Gasteiger charge is 2.23. The maximum Gasteiger partial charge on any atom is 0.151 e. The predicted molar refractivity (Wildman–Crippen MR) is 89.1 cm³/mol. The third-order valence-electron chi connectivity index (χ3n) is 4.79. The molecule has 0 saturated carbocycles. The van der Waals surface area contributed by atoms with Crippen molar-refractivity contribution < 1.29 is 4.39 Å². The summed E-state index contributed by atoms with van der Waals surface area (Å²) in [4.78, 5) is 4.70. The molecule has 7 heteroatoms. The highest BCUT2D eigenvalue weighted by atomic mass is 19.1. The molecule has 0 bridgehead atoms. The van der Waals surface area contributed by atoms with Gasteiger partial charge in [-0.25, -0.2) is 9.37 Å². The lowest BCUT2D eigenvalue weighted by Gasteiger charge is -2.22. The van der Waals surface area contributed by atoms with Crippen molar-refractivity contribution >= 4 is 21.8 Å². The molecule has 1 aliphatic rings. The van der Waals surface area contributed by atoms with Crippen molar-refractivity contribution in [3.63, 3.8) is 0 Å². The van der Waals surface area contributed by atoms with Gasteiger partial charge in [-0.2, -0.15) is 10.2 Å². The summed E-state index contributed by atoms with van der Waals surface area (Å²) in [6.07, 6.45) is 4.35. The average molecular weight is 322 g/mol. The molecule has 0 fully saturated rings. The lowest BCUT2D eigenvalue weighted by atomic mass is 9.91. The van der Waals surface area contributed by atoms with Crippen molar-refractivity contribution in [1.82, 2.24) is 30.7 Å². The monoisotopic (exact) mass is 322 g/mol. The molecule has 4 heterocycles. The summed E-state index contributed by atoms with van der Waals surface area (Å²) in [5.74, 6) is -0.328. The van der Waals surface area contributed by atoms with Crippen LogP contribution in [-0.2, 0) is 13.0 Å². The third kappa shape index (κ3) is 1.75. The third-order valence-corrected chi connectivity index (χ3v) is 4.79. The minimum Gasteiger partial charge on any atom is -0.312 e. The summed E-state index contributed by atoms with van der Waals surface area (Å²) in [5, 5.41) is 19.2. The number of aromatic amines is 2. The number of fused-ring (bicyclic) bond motifs is 5. The van der Waals surface area contributed by atoms with Crippen molar-refractivity contribution in [1.29, 1.82) is 0 Å². The van der Waals surface area contributed by atoms with Crippen LogP contribution in [-0.4, -0.2) is 31.9 Å². The van der Waals surface area contributed by atoms with Crippen LogP contribution >= 0.6 is 0 Å². The van der Waals surface area contributed by atoms with Crippen LogP contribution in [0, 0.1) is 12.7 Å². The fourth-order valence-electron chi connectivity index (χ4n) is 3.64. The first-order valence-electron chi connectivity index (χ1n) is 7.92. The number of aromatic nitrogens is 5. The molecule has 0 atom stereocenters.